The number of nitrogens with two attached hydrogens (primary N) is 1. The molecule has 106 valence electrons. The van der Waals surface area contributed by atoms with Crippen molar-refractivity contribution in [3.8, 4) is 11.5 Å². The van der Waals surface area contributed by atoms with E-state index in [0.29, 0.717) is 6.54 Å². The van der Waals surface area contributed by atoms with E-state index in [-0.39, 0.29) is 5.41 Å². The van der Waals surface area contributed by atoms with Crippen molar-refractivity contribution in [1.29, 1.82) is 0 Å². The maximum atomic E-state index is 5.92. The van der Waals surface area contributed by atoms with E-state index in [9.17, 15) is 0 Å². The van der Waals surface area contributed by atoms with Crippen LogP contribution in [0.2, 0.25) is 0 Å². The molecule has 0 aliphatic carbocycles. The van der Waals surface area contributed by atoms with E-state index in [2.05, 4.69) is 48.8 Å². The molecule has 2 nitrogen and oxygen atoms in total. The third-order valence-corrected chi connectivity index (χ3v) is 3.92. The molecular weight excluding hydrogens is 314 g/mol. The first-order valence-corrected chi connectivity index (χ1v) is 7.46. The topological polar surface area (TPSA) is 35.2 Å². The normalized spacial score (nSPS) is 11.4. The highest BCUT2D eigenvalue weighted by molar-refractivity contribution is 9.10. The van der Waals surface area contributed by atoms with E-state index >= 15 is 0 Å². The van der Waals surface area contributed by atoms with Crippen LogP contribution in [0.1, 0.15) is 31.9 Å². The number of rotatable bonds is 3. The first kappa shape index (κ1) is 15.1. The van der Waals surface area contributed by atoms with Gasteiger partial charge in [-0.2, -0.15) is 0 Å². The number of hydrogen-bond donors (Lipinski definition) is 1. The largest absolute Gasteiger partial charge is 0.457 e. The Labute approximate surface area is 129 Å². The van der Waals surface area contributed by atoms with Gasteiger partial charge >= 0.3 is 0 Å². The lowest BCUT2D eigenvalue weighted by atomic mass is 9.87. The Bertz CT molecular complexity index is 602. The number of halogens is 1. The Morgan fingerprint density at radius 1 is 1.05 bits per heavy atom. The van der Waals surface area contributed by atoms with Crippen molar-refractivity contribution < 1.29 is 4.74 Å². The number of ether oxygens (including phenoxy) is 1. The molecule has 0 saturated carbocycles. The second-order valence-electron chi connectivity index (χ2n) is 5.84. The second-order valence-corrected chi connectivity index (χ2v) is 6.69. The van der Waals surface area contributed by atoms with Crippen molar-refractivity contribution in [1.82, 2.24) is 0 Å². The summed E-state index contributed by atoms with van der Waals surface area (Å²) in [6, 6.07) is 14.1. The molecule has 2 aromatic carbocycles. The third-order valence-electron chi connectivity index (χ3n) is 3.18. The summed E-state index contributed by atoms with van der Waals surface area (Å²) >= 11 is 3.51. The molecule has 2 aromatic rings. The van der Waals surface area contributed by atoms with Crippen LogP contribution in [0.25, 0.3) is 0 Å². The lowest BCUT2D eigenvalue weighted by Crippen LogP contribution is -2.10. The van der Waals surface area contributed by atoms with Crippen LogP contribution in [0.4, 0.5) is 0 Å². The predicted octanol–water partition coefficient (Wildman–Crippen LogP) is 5.00. The van der Waals surface area contributed by atoms with Crippen LogP contribution in [0.5, 0.6) is 11.5 Å². The van der Waals surface area contributed by atoms with Gasteiger partial charge in [-0.25, -0.2) is 0 Å². The van der Waals surface area contributed by atoms with Gasteiger partial charge in [0.15, 0.2) is 0 Å². The maximum absolute atomic E-state index is 5.92. The van der Waals surface area contributed by atoms with Crippen molar-refractivity contribution in [3.63, 3.8) is 0 Å². The fourth-order valence-electron chi connectivity index (χ4n) is 1.92. The standard InChI is InChI=1S/C17H20BrNO/c1-17(2,3)13-5-4-6-14(9-13)20-15-8-7-12(11-19)16(18)10-15/h4-10H,11,19H2,1-3H3. The van der Waals surface area contributed by atoms with Crippen LogP contribution >= 0.6 is 15.9 Å². The zero-order valence-corrected chi connectivity index (χ0v) is 13.7. The van der Waals surface area contributed by atoms with Gasteiger partial charge in [0.05, 0.1) is 0 Å². The summed E-state index contributed by atoms with van der Waals surface area (Å²) < 4.78 is 6.90. The van der Waals surface area contributed by atoms with Crippen molar-refractivity contribution in [3.05, 3.63) is 58.1 Å². The minimum atomic E-state index is 0.114. The SMILES string of the molecule is CC(C)(C)c1cccc(Oc2ccc(CN)c(Br)c2)c1. The Kier molecular flexibility index (Phi) is 4.51. The molecule has 0 amide bonds. The van der Waals surface area contributed by atoms with Gasteiger partial charge in [0, 0.05) is 11.0 Å². The van der Waals surface area contributed by atoms with Gasteiger partial charge in [-0.05, 0) is 40.8 Å². The molecule has 0 aromatic heterocycles. The minimum Gasteiger partial charge on any atom is -0.457 e. The molecule has 0 radical (unpaired) electrons. The van der Waals surface area contributed by atoms with E-state index in [4.69, 9.17) is 10.5 Å². The van der Waals surface area contributed by atoms with Crippen LogP contribution in [-0.4, -0.2) is 0 Å². The molecule has 0 atom stereocenters. The maximum Gasteiger partial charge on any atom is 0.128 e. The third kappa shape index (κ3) is 3.62. The number of benzene rings is 2. The summed E-state index contributed by atoms with van der Waals surface area (Å²) in [4.78, 5) is 0. The van der Waals surface area contributed by atoms with Gasteiger partial charge in [0.2, 0.25) is 0 Å². The molecule has 0 bridgehead atoms. The van der Waals surface area contributed by atoms with Crippen molar-refractivity contribution in [2.75, 3.05) is 0 Å². The summed E-state index contributed by atoms with van der Waals surface area (Å²) in [6.07, 6.45) is 0. The predicted molar refractivity (Wildman–Crippen MR) is 87.2 cm³/mol. The number of hydrogen-bond acceptors (Lipinski definition) is 2. The minimum absolute atomic E-state index is 0.114. The molecule has 0 aliphatic heterocycles. The zero-order valence-electron chi connectivity index (χ0n) is 12.1. The molecule has 0 unspecified atom stereocenters. The molecule has 0 aliphatic rings. The van der Waals surface area contributed by atoms with Gasteiger partial charge in [0.1, 0.15) is 11.5 Å². The quantitative estimate of drug-likeness (QED) is 0.857. The van der Waals surface area contributed by atoms with E-state index in [0.717, 1.165) is 21.5 Å². The molecule has 2 N–H and O–H groups in total. The van der Waals surface area contributed by atoms with E-state index in [1.165, 1.54) is 5.56 Å². The highest BCUT2D eigenvalue weighted by atomic mass is 79.9. The van der Waals surface area contributed by atoms with Crippen molar-refractivity contribution >= 4 is 15.9 Å². The van der Waals surface area contributed by atoms with Crippen LogP contribution < -0.4 is 10.5 Å². The van der Waals surface area contributed by atoms with Crippen molar-refractivity contribution in [2.24, 2.45) is 5.73 Å². The molecular formula is C17H20BrNO. The Balaban J connectivity index is 2.24. The smallest absolute Gasteiger partial charge is 0.128 e. The van der Waals surface area contributed by atoms with Crippen LogP contribution in [0.15, 0.2) is 46.9 Å². The molecule has 2 rings (SSSR count). The highest BCUT2D eigenvalue weighted by Crippen LogP contribution is 2.30. The average Bonchev–Trinajstić information content (AvgIpc) is 2.38. The van der Waals surface area contributed by atoms with Gasteiger partial charge in [-0.15, -0.1) is 0 Å². The highest BCUT2D eigenvalue weighted by Gasteiger charge is 2.14. The van der Waals surface area contributed by atoms with Crippen LogP contribution in [0.3, 0.4) is 0 Å². The van der Waals surface area contributed by atoms with Gasteiger partial charge in [-0.1, -0.05) is 54.9 Å². The van der Waals surface area contributed by atoms with Gasteiger partial charge < -0.3 is 10.5 Å². The monoisotopic (exact) mass is 333 g/mol. The Morgan fingerprint density at radius 2 is 1.75 bits per heavy atom. The first-order chi connectivity index (χ1) is 9.40. The lowest BCUT2D eigenvalue weighted by molar-refractivity contribution is 0.478. The second kappa shape index (κ2) is 5.98. The molecule has 0 spiro atoms. The molecule has 0 heterocycles. The van der Waals surface area contributed by atoms with E-state index in [1.807, 2.05) is 30.3 Å². The first-order valence-electron chi connectivity index (χ1n) is 6.67. The molecule has 20 heavy (non-hydrogen) atoms. The summed E-state index contributed by atoms with van der Waals surface area (Å²) in [5.41, 5.74) is 8.09. The van der Waals surface area contributed by atoms with E-state index < -0.39 is 0 Å². The lowest BCUT2D eigenvalue weighted by Gasteiger charge is -2.19. The van der Waals surface area contributed by atoms with E-state index in [1.54, 1.807) is 0 Å². The van der Waals surface area contributed by atoms with Gasteiger partial charge in [0.25, 0.3) is 0 Å². The molecule has 3 heteroatoms. The van der Waals surface area contributed by atoms with Crippen LogP contribution in [-0.2, 0) is 12.0 Å². The summed E-state index contributed by atoms with van der Waals surface area (Å²) in [5.74, 6) is 1.66. The van der Waals surface area contributed by atoms with Crippen LogP contribution in [0, 0.1) is 0 Å². The van der Waals surface area contributed by atoms with Crippen molar-refractivity contribution in [2.45, 2.75) is 32.7 Å². The molecule has 0 saturated heterocycles. The zero-order chi connectivity index (χ0) is 14.8. The summed E-state index contributed by atoms with van der Waals surface area (Å²) in [7, 11) is 0. The summed E-state index contributed by atoms with van der Waals surface area (Å²) in [6.45, 7) is 7.09. The van der Waals surface area contributed by atoms with Gasteiger partial charge in [-0.3, -0.25) is 0 Å². The molecule has 0 fully saturated rings. The Morgan fingerprint density at radius 3 is 2.35 bits per heavy atom. The summed E-state index contributed by atoms with van der Waals surface area (Å²) in [5, 5.41) is 0. The fraction of sp³-hybridized carbons (Fsp3) is 0.294. The Hall–Kier alpha value is -1.32. The fourth-order valence-corrected chi connectivity index (χ4v) is 2.44. The average molecular weight is 334 g/mol.